The average molecular weight is 269 g/mol. The van der Waals surface area contributed by atoms with Crippen molar-refractivity contribution < 1.29 is 22.4 Å². The van der Waals surface area contributed by atoms with E-state index in [4.69, 9.17) is 4.42 Å². The molecule has 0 aliphatic rings. The van der Waals surface area contributed by atoms with Crippen molar-refractivity contribution in [2.75, 3.05) is 6.54 Å². The molecular formula is C13H10F3NO2. The van der Waals surface area contributed by atoms with E-state index in [-0.39, 0.29) is 12.1 Å². The molecule has 1 aromatic carbocycles. The molecule has 6 heteroatoms. The molecule has 0 aliphatic carbocycles. The lowest BCUT2D eigenvalue weighted by molar-refractivity contribution is 0.0952. The minimum absolute atomic E-state index is 0.243. The highest BCUT2D eigenvalue weighted by Gasteiger charge is 2.14. The van der Waals surface area contributed by atoms with Crippen molar-refractivity contribution in [1.29, 1.82) is 0 Å². The molecule has 100 valence electrons. The van der Waals surface area contributed by atoms with Gasteiger partial charge in [-0.05, 0) is 24.3 Å². The number of benzene rings is 1. The topological polar surface area (TPSA) is 42.2 Å². The first-order valence-electron chi connectivity index (χ1n) is 5.53. The predicted octanol–water partition coefficient (Wildman–Crippen LogP) is 2.67. The fraction of sp³-hybridized carbons (Fsp3) is 0.154. The van der Waals surface area contributed by atoms with E-state index in [9.17, 15) is 18.0 Å². The minimum Gasteiger partial charge on any atom is -0.469 e. The van der Waals surface area contributed by atoms with Crippen LogP contribution < -0.4 is 5.32 Å². The molecule has 0 fully saturated rings. The van der Waals surface area contributed by atoms with Crippen molar-refractivity contribution in [3.63, 3.8) is 0 Å². The second-order valence-electron chi connectivity index (χ2n) is 3.84. The van der Waals surface area contributed by atoms with Crippen molar-refractivity contribution in [1.82, 2.24) is 5.32 Å². The Balaban J connectivity index is 1.96. The molecular weight excluding hydrogens is 259 g/mol. The molecule has 0 bridgehead atoms. The highest BCUT2D eigenvalue weighted by molar-refractivity contribution is 5.94. The zero-order valence-corrected chi connectivity index (χ0v) is 9.75. The van der Waals surface area contributed by atoms with Crippen LogP contribution in [-0.4, -0.2) is 12.5 Å². The van der Waals surface area contributed by atoms with Crippen LogP contribution in [0.1, 0.15) is 16.1 Å². The Morgan fingerprint density at radius 3 is 2.47 bits per heavy atom. The second-order valence-corrected chi connectivity index (χ2v) is 3.84. The van der Waals surface area contributed by atoms with Crippen LogP contribution in [0.4, 0.5) is 13.2 Å². The molecule has 2 aromatic rings. The highest BCUT2D eigenvalue weighted by atomic mass is 19.2. The SMILES string of the molecule is O=C(NCCc1ccco1)c1cc(F)c(F)c(F)c1. The van der Waals surface area contributed by atoms with Crippen LogP contribution in [0.25, 0.3) is 0 Å². The van der Waals surface area contributed by atoms with Crippen molar-refractivity contribution >= 4 is 5.91 Å². The smallest absolute Gasteiger partial charge is 0.251 e. The predicted molar refractivity (Wildman–Crippen MR) is 61.1 cm³/mol. The summed E-state index contributed by atoms with van der Waals surface area (Å²) in [6.07, 6.45) is 1.95. The molecule has 19 heavy (non-hydrogen) atoms. The van der Waals surface area contributed by atoms with Gasteiger partial charge in [-0.2, -0.15) is 0 Å². The lowest BCUT2D eigenvalue weighted by Crippen LogP contribution is -2.26. The van der Waals surface area contributed by atoms with Gasteiger partial charge in [-0.15, -0.1) is 0 Å². The first-order valence-corrected chi connectivity index (χ1v) is 5.53. The Hall–Kier alpha value is -2.24. The van der Waals surface area contributed by atoms with E-state index in [1.165, 1.54) is 6.26 Å². The van der Waals surface area contributed by atoms with Gasteiger partial charge < -0.3 is 9.73 Å². The molecule has 0 aliphatic heterocycles. The fourth-order valence-electron chi connectivity index (χ4n) is 1.54. The second kappa shape index (κ2) is 5.60. The van der Waals surface area contributed by atoms with E-state index in [2.05, 4.69) is 5.32 Å². The summed E-state index contributed by atoms with van der Waals surface area (Å²) >= 11 is 0. The molecule has 0 radical (unpaired) electrons. The van der Waals surface area contributed by atoms with Gasteiger partial charge in [0.1, 0.15) is 5.76 Å². The maximum Gasteiger partial charge on any atom is 0.251 e. The zero-order chi connectivity index (χ0) is 13.8. The summed E-state index contributed by atoms with van der Waals surface area (Å²) in [6.45, 7) is 0.243. The number of halogens is 3. The van der Waals surface area contributed by atoms with Gasteiger partial charge in [0.25, 0.3) is 5.91 Å². The van der Waals surface area contributed by atoms with Gasteiger partial charge in [-0.1, -0.05) is 0 Å². The van der Waals surface area contributed by atoms with Crippen LogP contribution in [0.2, 0.25) is 0 Å². The van der Waals surface area contributed by atoms with E-state index in [1.807, 2.05) is 0 Å². The minimum atomic E-state index is -1.59. The van der Waals surface area contributed by atoms with Crippen LogP contribution in [-0.2, 0) is 6.42 Å². The number of nitrogens with one attached hydrogen (secondary N) is 1. The Morgan fingerprint density at radius 1 is 1.21 bits per heavy atom. The number of carbonyl (C=O) groups is 1. The van der Waals surface area contributed by atoms with Crippen LogP contribution in [0.5, 0.6) is 0 Å². The van der Waals surface area contributed by atoms with E-state index < -0.39 is 23.4 Å². The fourth-order valence-corrected chi connectivity index (χ4v) is 1.54. The summed E-state index contributed by atoms with van der Waals surface area (Å²) in [5, 5.41) is 2.46. The van der Waals surface area contributed by atoms with Crippen LogP contribution >= 0.6 is 0 Å². The third-order valence-corrected chi connectivity index (χ3v) is 2.48. The van der Waals surface area contributed by atoms with Crippen molar-refractivity contribution in [2.45, 2.75) is 6.42 Å². The van der Waals surface area contributed by atoms with Crippen molar-refractivity contribution in [3.8, 4) is 0 Å². The van der Waals surface area contributed by atoms with Crippen molar-refractivity contribution in [2.24, 2.45) is 0 Å². The molecule has 3 nitrogen and oxygen atoms in total. The van der Waals surface area contributed by atoms with Gasteiger partial charge in [0, 0.05) is 18.5 Å². The third kappa shape index (κ3) is 3.15. The molecule has 0 atom stereocenters. The quantitative estimate of drug-likeness (QED) is 0.867. The van der Waals surface area contributed by atoms with E-state index >= 15 is 0 Å². The Labute approximate surface area is 107 Å². The maximum absolute atomic E-state index is 12.9. The molecule has 1 N–H and O–H groups in total. The highest BCUT2D eigenvalue weighted by Crippen LogP contribution is 2.13. The van der Waals surface area contributed by atoms with Gasteiger partial charge in [0.15, 0.2) is 17.5 Å². The number of hydrogen-bond donors (Lipinski definition) is 1. The summed E-state index contributed by atoms with van der Waals surface area (Å²) < 4.78 is 43.6. The monoisotopic (exact) mass is 269 g/mol. The average Bonchev–Trinajstić information content (AvgIpc) is 2.88. The van der Waals surface area contributed by atoms with E-state index in [0.717, 1.165) is 0 Å². The normalized spacial score (nSPS) is 10.5. The summed E-state index contributed by atoms with van der Waals surface area (Å²) in [5.74, 6) is -4.37. The Kier molecular flexibility index (Phi) is 3.89. The van der Waals surface area contributed by atoms with Crippen LogP contribution in [0.3, 0.4) is 0 Å². The Bertz CT molecular complexity index is 559. The summed E-state index contributed by atoms with van der Waals surface area (Å²) in [5.41, 5.74) is -0.268. The Morgan fingerprint density at radius 2 is 1.89 bits per heavy atom. The molecule has 0 saturated carbocycles. The molecule has 1 aromatic heterocycles. The standard InChI is InChI=1S/C13H10F3NO2/c14-10-6-8(7-11(15)12(10)16)13(18)17-4-3-9-2-1-5-19-9/h1-2,5-7H,3-4H2,(H,17,18). The summed E-state index contributed by atoms with van der Waals surface area (Å²) in [7, 11) is 0. The number of rotatable bonds is 4. The molecule has 0 unspecified atom stereocenters. The number of hydrogen-bond acceptors (Lipinski definition) is 2. The lowest BCUT2D eigenvalue weighted by Gasteiger charge is -2.05. The van der Waals surface area contributed by atoms with Gasteiger partial charge in [-0.25, -0.2) is 13.2 Å². The van der Waals surface area contributed by atoms with Crippen LogP contribution in [0, 0.1) is 17.5 Å². The number of amides is 1. The first-order chi connectivity index (χ1) is 9.08. The zero-order valence-electron chi connectivity index (χ0n) is 9.75. The van der Waals surface area contributed by atoms with Gasteiger partial charge in [-0.3, -0.25) is 4.79 Å². The third-order valence-electron chi connectivity index (χ3n) is 2.48. The van der Waals surface area contributed by atoms with Gasteiger partial charge in [0.2, 0.25) is 0 Å². The van der Waals surface area contributed by atoms with E-state index in [1.54, 1.807) is 12.1 Å². The molecule has 1 amide bonds. The van der Waals surface area contributed by atoms with Gasteiger partial charge >= 0.3 is 0 Å². The summed E-state index contributed by atoms with van der Waals surface area (Å²) in [6, 6.07) is 4.76. The van der Waals surface area contributed by atoms with Crippen LogP contribution in [0.15, 0.2) is 34.9 Å². The number of carbonyl (C=O) groups excluding carboxylic acids is 1. The summed E-state index contributed by atoms with van der Waals surface area (Å²) in [4.78, 5) is 11.6. The molecule has 0 spiro atoms. The number of furan rings is 1. The molecule has 2 rings (SSSR count). The lowest BCUT2D eigenvalue weighted by atomic mass is 10.2. The van der Waals surface area contributed by atoms with Crippen molar-refractivity contribution in [3.05, 3.63) is 59.3 Å². The molecule has 1 heterocycles. The first kappa shape index (κ1) is 13.2. The largest absolute Gasteiger partial charge is 0.469 e. The molecule has 0 saturated heterocycles. The van der Waals surface area contributed by atoms with E-state index in [0.29, 0.717) is 24.3 Å². The maximum atomic E-state index is 12.9. The van der Waals surface area contributed by atoms with Gasteiger partial charge in [0.05, 0.1) is 6.26 Å².